The lowest BCUT2D eigenvalue weighted by atomic mass is 10.2. The molecule has 1 aromatic heterocycles. The van der Waals surface area contributed by atoms with Gasteiger partial charge in [0.15, 0.2) is 11.0 Å². The molecule has 0 saturated heterocycles. The first kappa shape index (κ1) is 18.1. The molecule has 0 fully saturated rings. The Balaban J connectivity index is 1.65. The summed E-state index contributed by atoms with van der Waals surface area (Å²) in [5, 5.41) is 11.3. The van der Waals surface area contributed by atoms with Gasteiger partial charge >= 0.3 is 0 Å². The predicted molar refractivity (Wildman–Crippen MR) is 100 cm³/mol. The van der Waals surface area contributed by atoms with Crippen molar-refractivity contribution in [3.05, 3.63) is 66.0 Å². The van der Waals surface area contributed by atoms with Crippen molar-refractivity contribution in [2.24, 2.45) is 7.05 Å². The van der Waals surface area contributed by atoms with E-state index in [1.165, 1.54) is 17.8 Å². The number of aromatic nitrogens is 3. The van der Waals surface area contributed by atoms with Gasteiger partial charge in [0.1, 0.15) is 5.82 Å². The Morgan fingerprint density at radius 3 is 2.58 bits per heavy atom. The van der Waals surface area contributed by atoms with Gasteiger partial charge in [0.2, 0.25) is 5.91 Å². The van der Waals surface area contributed by atoms with E-state index in [2.05, 4.69) is 15.5 Å². The highest BCUT2D eigenvalue weighted by Crippen LogP contribution is 2.27. The Bertz CT molecular complexity index is 898. The summed E-state index contributed by atoms with van der Waals surface area (Å²) in [6.07, 6.45) is 0. The first-order chi connectivity index (χ1) is 12.6. The molecule has 0 aliphatic carbocycles. The first-order valence-electron chi connectivity index (χ1n) is 8.19. The maximum atomic E-state index is 14.0. The minimum Gasteiger partial charge on any atom is -0.351 e. The molecule has 0 bridgehead atoms. The fraction of sp³-hybridized carbons (Fsp3) is 0.211. The molecule has 1 amide bonds. The molecule has 7 heteroatoms. The van der Waals surface area contributed by atoms with Crippen LogP contribution >= 0.6 is 11.8 Å². The Hall–Kier alpha value is -2.67. The minimum atomic E-state index is -0.354. The number of carbonyl (C=O) groups excluding carboxylic acids is 1. The highest BCUT2D eigenvalue weighted by Gasteiger charge is 2.20. The zero-order chi connectivity index (χ0) is 18.5. The molecule has 5 nitrogen and oxygen atoms in total. The van der Waals surface area contributed by atoms with Crippen LogP contribution in [-0.2, 0) is 18.4 Å². The van der Waals surface area contributed by atoms with Gasteiger partial charge in [-0.2, -0.15) is 0 Å². The fourth-order valence-electron chi connectivity index (χ4n) is 2.44. The molecule has 0 radical (unpaired) electrons. The number of amides is 1. The van der Waals surface area contributed by atoms with Gasteiger partial charge in [-0.3, -0.25) is 4.79 Å². The number of thioether (sulfide) groups is 1. The van der Waals surface area contributed by atoms with Crippen molar-refractivity contribution in [2.45, 2.75) is 23.9 Å². The minimum absolute atomic E-state index is 0.0886. The predicted octanol–water partition coefficient (Wildman–Crippen LogP) is 3.42. The second kappa shape index (κ2) is 8.14. The highest BCUT2D eigenvalue weighted by molar-refractivity contribution is 8.00. The van der Waals surface area contributed by atoms with E-state index in [-0.39, 0.29) is 17.0 Å². The van der Waals surface area contributed by atoms with E-state index in [9.17, 15) is 9.18 Å². The Morgan fingerprint density at radius 1 is 1.15 bits per heavy atom. The third kappa shape index (κ3) is 4.11. The Morgan fingerprint density at radius 2 is 1.85 bits per heavy atom. The van der Waals surface area contributed by atoms with Gasteiger partial charge in [-0.15, -0.1) is 10.2 Å². The SMILES string of the molecule is CC(Sc1nnc(-c2ccccc2F)n1C)C(=O)NCc1ccccc1. The van der Waals surface area contributed by atoms with Crippen LogP contribution in [0.2, 0.25) is 0 Å². The first-order valence-corrected chi connectivity index (χ1v) is 9.07. The standard InChI is InChI=1S/C19H19FN4OS/c1-13(18(25)21-12-14-8-4-3-5-9-14)26-19-23-22-17(24(19)2)15-10-6-7-11-16(15)20/h3-11,13H,12H2,1-2H3,(H,21,25). The van der Waals surface area contributed by atoms with E-state index in [4.69, 9.17) is 0 Å². The molecule has 0 aliphatic rings. The lowest BCUT2D eigenvalue weighted by Crippen LogP contribution is -2.30. The van der Waals surface area contributed by atoms with Gasteiger partial charge in [0.05, 0.1) is 10.8 Å². The monoisotopic (exact) mass is 370 g/mol. The average Bonchev–Trinajstić information content (AvgIpc) is 3.01. The normalized spacial score (nSPS) is 12.0. The molecule has 0 saturated carbocycles. The number of nitrogens with zero attached hydrogens (tertiary/aromatic N) is 3. The summed E-state index contributed by atoms with van der Waals surface area (Å²) >= 11 is 1.29. The summed E-state index contributed by atoms with van der Waals surface area (Å²) in [7, 11) is 1.76. The van der Waals surface area contributed by atoms with Crippen LogP contribution in [0.25, 0.3) is 11.4 Å². The third-order valence-corrected chi connectivity index (χ3v) is 5.04. The third-order valence-electron chi connectivity index (χ3n) is 3.91. The Labute approximate surface area is 155 Å². The van der Waals surface area contributed by atoms with Gasteiger partial charge in [-0.1, -0.05) is 54.2 Å². The number of halogens is 1. The summed E-state index contributed by atoms with van der Waals surface area (Å²) < 4.78 is 15.7. The molecule has 0 spiro atoms. The van der Waals surface area contributed by atoms with Gasteiger partial charge in [0, 0.05) is 13.6 Å². The van der Waals surface area contributed by atoms with E-state index in [0.29, 0.717) is 23.1 Å². The van der Waals surface area contributed by atoms with Crippen LogP contribution in [0.15, 0.2) is 59.8 Å². The molecule has 134 valence electrons. The number of carbonyl (C=O) groups is 1. The lowest BCUT2D eigenvalue weighted by Gasteiger charge is -2.12. The molecule has 3 aromatic rings. The fourth-order valence-corrected chi connectivity index (χ4v) is 3.27. The Kier molecular flexibility index (Phi) is 5.68. The summed E-state index contributed by atoms with van der Waals surface area (Å²) in [6.45, 7) is 2.28. The molecular formula is C19H19FN4OS. The topological polar surface area (TPSA) is 59.8 Å². The second-order valence-electron chi connectivity index (χ2n) is 5.81. The van der Waals surface area contributed by atoms with E-state index in [0.717, 1.165) is 5.56 Å². The van der Waals surface area contributed by atoms with Crippen LogP contribution in [0.4, 0.5) is 4.39 Å². The lowest BCUT2D eigenvalue weighted by molar-refractivity contribution is -0.120. The maximum absolute atomic E-state index is 14.0. The average molecular weight is 370 g/mol. The number of nitrogens with one attached hydrogen (secondary N) is 1. The van der Waals surface area contributed by atoms with E-state index in [1.807, 2.05) is 37.3 Å². The van der Waals surface area contributed by atoms with Gasteiger partial charge in [0.25, 0.3) is 0 Å². The molecule has 1 unspecified atom stereocenters. The maximum Gasteiger partial charge on any atom is 0.233 e. The van der Waals surface area contributed by atoms with Crippen LogP contribution in [0.3, 0.4) is 0 Å². The zero-order valence-electron chi connectivity index (χ0n) is 14.5. The number of hydrogen-bond donors (Lipinski definition) is 1. The molecule has 1 atom stereocenters. The van der Waals surface area contributed by atoms with E-state index >= 15 is 0 Å². The van der Waals surface area contributed by atoms with Gasteiger partial charge in [-0.25, -0.2) is 4.39 Å². The molecule has 26 heavy (non-hydrogen) atoms. The summed E-state index contributed by atoms with van der Waals surface area (Å²) in [4.78, 5) is 12.3. The summed E-state index contributed by atoms with van der Waals surface area (Å²) in [5.74, 6) is -0.00927. The second-order valence-corrected chi connectivity index (χ2v) is 7.12. The van der Waals surface area contributed by atoms with E-state index in [1.54, 1.807) is 29.8 Å². The van der Waals surface area contributed by atoms with Crippen LogP contribution in [0, 0.1) is 5.82 Å². The highest BCUT2D eigenvalue weighted by atomic mass is 32.2. The number of rotatable bonds is 6. The summed E-state index contributed by atoms with van der Waals surface area (Å²) in [6, 6.07) is 16.1. The van der Waals surface area contributed by atoms with Crippen molar-refractivity contribution in [1.29, 1.82) is 0 Å². The van der Waals surface area contributed by atoms with Crippen molar-refractivity contribution in [3.63, 3.8) is 0 Å². The van der Waals surface area contributed by atoms with E-state index < -0.39 is 0 Å². The van der Waals surface area contributed by atoms with Gasteiger partial charge in [-0.05, 0) is 24.6 Å². The quantitative estimate of drug-likeness (QED) is 0.676. The number of benzene rings is 2. The van der Waals surface area contributed by atoms with Crippen molar-refractivity contribution in [3.8, 4) is 11.4 Å². The van der Waals surface area contributed by atoms with Crippen molar-refractivity contribution in [1.82, 2.24) is 20.1 Å². The number of hydrogen-bond acceptors (Lipinski definition) is 4. The zero-order valence-corrected chi connectivity index (χ0v) is 15.3. The van der Waals surface area contributed by atoms with Crippen LogP contribution in [-0.4, -0.2) is 25.9 Å². The molecule has 0 aliphatic heterocycles. The smallest absolute Gasteiger partial charge is 0.233 e. The summed E-state index contributed by atoms with van der Waals surface area (Å²) in [5.41, 5.74) is 1.43. The largest absolute Gasteiger partial charge is 0.351 e. The van der Waals surface area contributed by atoms with Crippen LogP contribution < -0.4 is 5.32 Å². The molecule has 3 rings (SSSR count). The van der Waals surface area contributed by atoms with Crippen LogP contribution in [0.1, 0.15) is 12.5 Å². The molecular weight excluding hydrogens is 351 g/mol. The molecule has 1 heterocycles. The van der Waals surface area contributed by atoms with Crippen molar-refractivity contribution in [2.75, 3.05) is 0 Å². The molecule has 1 N–H and O–H groups in total. The van der Waals surface area contributed by atoms with Crippen LogP contribution in [0.5, 0.6) is 0 Å². The van der Waals surface area contributed by atoms with Crippen molar-refractivity contribution < 1.29 is 9.18 Å². The van der Waals surface area contributed by atoms with Crippen molar-refractivity contribution >= 4 is 17.7 Å². The van der Waals surface area contributed by atoms with Gasteiger partial charge < -0.3 is 9.88 Å². The molecule has 2 aromatic carbocycles.